The van der Waals surface area contributed by atoms with Crippen LogP contribution in [0.25, 0.3) is 10.8 Å². The Balaban J connectivity index is 1.34. The number of amides is 1. The lowest BCUT2D eigenvalue weighted by Gasteiger charge is -2.19. The average Bonchev–Trinajstić information content (AvgIpc) is 3.49. The number of fused-ring (bicyclic) bond motifs is 1. The van der Waals surface area contributed by atoms with Crippen molar-refractivity contribution < 1.29 is 19.1 Å². The molecule has 1 saturated heterocycles. The molecule has 1 heterocycles. The summed E-state index contributed by atoms with van der Waals surface area (Å²) in [5.74, 6) is 0.266. The van der Waals surface area contributed by atoms with Crippen molar-refractivity contribution in [2.75, 3.05) is 19.7 Å². The molecular formula is C35H36N4O4. The Morgan fingerprint density at radius 3 is 2.42 bits per heavy atom. The molecule has 4 aromatic rings. The van der Waals surface area contributed by atoms with Crippen molar-refractivity contribution >= 4 is 34.3 Å². The summed E-state index contributed by atoms with van der Waals surface area (Å²) < 4.78 is 11.6. The summed E-state index contributed by atoms with van der Waals surface area (Å²) in [6.45, 7) is 5.41. The molecule has 3 N–H and O–H groups in total. The standard InChI is InChI=1S/C35H36N4O4/c1-3-42-35(41)32(26-13-15-30(16-14-26)43-31-17-18-39(22-31)23(2)36)20-24-9-10-25-11-12-28(21-29(25)19-24)33(37)38-34(40)27-7-5-4-6-8-27/h4-16,19,21,31-32,36H,3,17-18,20,22H2,1-2H3,(H2,37,38,40)/t31-,32-/m0/s1. The molecular weight excluding hydrogens is 540 g/mol. The second-order valence-corrected chi connectivity index (χ2v) is 10.7. The maximum absolute atomic E-state index is 13.1. The van der Waals surface area contributed by atoms with Gasteiger partial charge in [0, 0.05) is 24.1 Å². The SMILES string of the molecule is CCOC(=O)[C@@H](Cc1ccc2ccc(C(N)=NC(=O)c3ccccc3)cc2c1)c1ccc(O[C@H]2CCN(C(C)=N)C2)cc1. The minimum absolute atomic E-state index is 0.0324. The van der Waals surface area contributed by atoms with Gasteiger partial charge < -0.3 is 20.1 Å². The summed E-state index contributed by atoms with van der Waals surface area (Å²) in [7, 11) is 0. The van der Waals surface area contributed by atoms with Gasteiger partial charge in [-0.3, -0.25) is 15.0 Å². The summed E-state index contributed by atoms with van der Waals surface area (Å²) in [4.78, 5) is 31.7. The number of carbonyl (C=O) groups excluding carboxylic acids is 2. The topological polar surface area (TPSA) is 118 Å². The van der Waals surface area contributed by atoms with Gasteiger partial charge in [-0.15, -0.1) is 0 Å². The predicted octanol–water partition coefficient (Wildman–Crippen LogP) is 5.73. The highest BCUT2D eigenvalue weighted by Crippen LogP contribution is 2.28. The highest BCUT2D eigenvalue weighted by atomic mass is 16.5. The van der Waals surface area contributed by atoms with Gasteiger partial charge in [-0.05, 0) is 72.5 Å². The molecule has 1 aliphatic heterocycles. The largest absolute Gasteiger partial charge is 0.489 e. The maximum atomic E-state index is 13.1. The number of benzene rings is 4. The van der Waals surface area contributed by atoms with E-state index in [1.54, 1.807) is 38.1 Å². The fraction of sp³-hybridized carbons (Fsp3) is 0.257. The number of hydrogen-bond donors (Lipinski definition) is 2. The van der Waals surface area contributed by atoms with Crippen molar-refractivity contribution in [2.45, 2.75) is 38.7 Å². The number of rotatable bonds is 9. The van der Waals surface area contributed by atoms with Gasteiger partial charge in [0.15, 0.2) is 0 Å². The summed E-state index contributed by atoms with van der Waals surface area (Å²) in [5, 5.41) is 9.77. The molecule has 0 bridgehead atoms. The van der Waals surface area contributed by atoms with E-state index in [0.29, 0.717) is 36.5 Å². The molecule has 8 heteroatoms. The van der Waals surface area contributed by atoms with Crippen molar-refractivity contribution in [1.82, 2.24) is 4.90 Å². The first-order valence-corrected chi connectivity index (χ1v) is 14.5. The van der Waals surface area contributed by atoms with Crippen LogP contribution >= 0.6 is 0 Å². The molecule has 0 radical (unpaired) electrons. The van der Waals surface area contributed by atoms with E-state index in [2.05, 4.69) is 4.99 Å². The van der Waals surface area contributed by atoms with E-state index >= 15 is 0 Å². The van der Waals surface area contributed by atoms with E-state index in [4.69, 9.17) is 20.6 Å². The zero-order chi connectivity index (χ0) is 30.3. The van der Waals surface area contributed by atoms with Gasteiger partial charge in [-0.1, -0.05) is 60.7 Å². The minimum atomic E-state index is -0.493. The number of nitrogens with two attached hydrogens (primary N) is 1. The highest BCUT2D eigenvalue weighted by molar-refractivity contribution is 6.10. The van der Waals surface area contributed by atoms with E-state index in [1.165, 1.54) is 0 Å². The summed E-state index contributed by atoms with van der Waals surface area (Å²) in [6.07, 6.45) is 1.35. The van der Waals surface area contributed by atoms with Gasteiger partial charge in [0.25, 0.3) is 5.91 Å². The summed E-state index contributed by atoms with van der Waals surface area (Å²) >= 11 is 0. The van der Waals surface area contributed by atoms with E-state index in [9.17, 15) is 9.59 Å². The smallest absolute Gasteiger partial charge is 0.313 e. The molecule has 2 atom stereocenters. The lowest BCUT2D eigenvalue weighted by atomic mass is 9.91. The molecule has 0 aliphatic carbocycles. The lowest BCUT2D eigenvalue weighted by Crippen LogP contribution is -2.28. The van der Waals surface area contributed by atoms with Crippen LogP contribution in [0.4, 0.5) is 0 Å². The Labute approximate surface area is 251 Å². The number of carbonyl (C=O) groups is 2. The average molecular weight is 577 g/mol. The van der Waals surface area contributed by atoms with Crippen LogP contribution in [0.1, 0.15) is 53.2 Å². The molecule has 1 aliphatic rings. The minimum Gasteiger partial charge on any atom is -0.489 e. The van der Waals surface area contributed by atoms with Gasteiger partial charge in [-0.2, -0.15) is 4.99 Å². The van der Waals surface area contributed by atoms with Crippen LogP contribution in [0, 0.1) is 5.41 Å². The quantitative estimate of drug-likeness (QED) is 0.149. The van der Waals surface area contributed by atoms with Crippen molar-refractivity contribution in [3.05, 3.63) is 113 Å². The van der Waals surface area contributed by atoms with Gasteiger partial charge in [0.2, 0.25) is 0 Å². The third-order valence-electron chi connectivity index (χ3n) is 7.66. The molecule has 1 amide bonds. The zero-order valence-electron chi connectivity index (χ0n) is 24.5. The number of amidine groups is 2. The van der Waals surface area contributed by atoms with Crippen molar-refractivity contribution in [3.8, 4) is 5.75 Å². The van der Waals surface area contributed by atoms with Crippen LogP contribution in [-0.4, -0.2) is 54.2 Å². The Hall–Kier alpha value is -4.98. The van der Waals surface area contributed by atoms with Crippen molar-refractivity contribution in [1.29, 1.82) is 5.41 Å². The zero-order valence-corrected chi connectivity index (χ0v) is 24.5. The number of hydrogen-bond acceptors (Lipinski definition) is 5. The predicted molar refractivity (Wildman–Crippen MR) is 169 cm³/mol. The molecule has 0 spiro atoms. The van der Waals surface area contributed by atoms with Gasteiger partial charge in [-0.25, -0.2) is 0 Å². The molecule has 0 saturated carbocycles. The molecule has 43 heavy (non-hydrogen) atoms. The number of likely N-dealkylation sites (tertiary alicyclic amines) is 1. The number of aliphatic imine (C=N–C) groups is 1. The van der Waals surface area contributed by atoms with E-state index in [1.807, 2.05) is 71.6 Å². The number of nitrogens with one attached hydrogen (secondary N) is 1. The van der Waals surface area contributed by atoms with Gasteiger partial charge in [0.1, 0.15) is 17.7 Å². The Morgan fingerprint density at radius 2 is 1.72 bits per heavy atom. The van der Waals surface area contributed by atoms with Crippen molar-refractivity contribution in [2.24, 2.45) is 10.7 Å². The highest BCUT2D eigenvalue weighted by Gasteiger charge is 2.26. The summed E-state index contributed by atoms with van der Waals surface area (Å²) in [6, 6.07) is 28.2. The molecule has 220 valence electrons. The van der Waals surface area contributed by atoms with Crippen LogP contribution in [-0.2, 0) is 16.0 Å². The molecule has 5 rings (SSSR count). The second-order valence-electron chi connectivity index (χ2n) is 10.7. The Kier molecular flexibility index (Phi) is 9.15. The first-order chi connectivity index (χ1) is 20.8. The molecule has 4 aromatic carbocycles. The van der Waals surface area contributed by atoms with E-state index in [-0.39, 0.29) is 17.9 Å². The van der Waals surface area contributed by atoms with Crippen LogP contribution in [0.5, 0.6) is 5.75 Å². The van der Waals surface area contributed by atoms with Gasteiger partial charge >= 0.3 is 5.97 Å². The Bertz CT molecular complexity index is 1650. The van der Waals surface area contributed by atoms with Crippen LogP contribution in [0.2, 0.25) is 0 Å². The number of esters is 1. The number of nitrogens with zero attached hydrogens (tertiary/aromatic N) is 2. The van der Waals surface area contributed by atoms with Crippen LogP contribution in [0.15, 0.2) is 96.0 Å². The third kappa shape index (κ3) is 7.27. The Morgan fingerprint density at radius 1 is 0.977 bits per heavy atom. The monoisotopic (exact) mass is 576 g/mol. The fourth-order valence-electron chi connectivity index (χ4n) is 5.32. The first-order valence-electron chi connectivity index (χ1n) is 14.5. The molecule has 0 unspecified atom stereocenters. The maximum Gasteiger partial charge on any atom is 0.313 e. The first kappa shape index (κ1) is 29.5. The third-order valence-corrected chi connectivity index (χ3v) is 7.66. The lowest BCUT2D eigenvalue weighted by molar-refractivity contribution is -0.144. The van der Waals surface area contributed by atoms with E-state index < -0.39 is 11.8 Å². The van der Waals surface area contributed by atoms with Crippen LogP contribution in [0.3, 0.4) is 0 Å². The second kappa shape index (κ2) is 13.3. The fourth-order valence-corrected chi connectivity index (χ4v) is 5.32. The van der Waals surface area contributed by atoms with Gasteiger partial charge in [0.05, 0.1) is 24.9 Å². The summed E-state index contributed by atoms with van der Waals surface area (Å²) in [5.41, 5.74) is 9.15. The number of ether oxygens (including phenoxy) is 2. The van der Waals surface area contributed by atoms with Crippen molar-refractivity contribution in [3.63, 3.8) is 0 Å². The molecule has 8 nitrogen and oxygen atoms in total. The molecule has 1 fully saturated rings. The normalized spacial score (nSPS) is 15.7. The van der Waals surface area contributed by atoms with E-state index in [0.717, 1.165) is 40.6 Å². The molecule has 0 aromatic heterocycles. The van der Waals surface area contributed by atoms with Crippen LogP contribution < -0.4 is 10.5 Å².